The third-order valence-electron chi connectivity index (χ3n) is 6.89. The Morgan fingerprint density at radius 1 is 1.00 bits per heavy atom. The first-order valence-corrected chi connectivity index (χ1v) is 13.8. The van der Waals surface area contributed by atoms with Crippen molar-refractivity contribution in [3.05, 3.63) is 71.3 Å². The predicted molar refractivity (Wildman–Crippen MR) is 148 cm³/mol. The highest BCUT2D eigenvalue weighted by atomic mass is 19.1. The number of carbonyl (C=O) groups excluding carboxylic acids is 5. The van der Waals surface area contributed by atoms with Gasteiger partial charge < -0.3 is 29.7 Å². The lowest BCUT2D eigenvalue weighted by molar-refractivity contribution is -0.163. The molecule has 2 aromatic rings. The molecule has 0 aliphatic carbocycles. The van der Waals surface area contributed by atoms with Crippen LogP contribution in [0.4, 0.5) is 13.6 Å². The summed E-state index contributed by atoms with van der Waals surface area (Å²) < 4.78 is 43.2. The first-order valence-electron chi connectivity index (χ1n) is 13.8. The molecule has 1 heterocycles. The molecule has 0 radical (unpaired) electrons. The Hall–Kier alpha value is -4.55. The predicted octanol–water partition coefficient (Wildman–Crippen LogP) is 2.45. The van der Waals surface area contributed by atoms with Crippen LogP contribution >= 0.6 is 0 Å². The lowest BCUT2D eigenvalue weighted by Gasteiger charge is -2.28. The third-order valence-corrected chi connectivity index (χ3v) is 6.89. The van der Waals surface area contributed by atoms with Crippen molar-refractivity contribution < 1.29 is 47.0 Å². The number of halogens is 2. The minimum atomic E-state index is -1.52. The van der Waals surface area contributed by atoms with Crippen LogP contribution < -0.4 is 10.6 Å². The number of alkyl carbamates (subject to hydrolysis) is 1. The summed E-state index contributed by atoms with van der Waals surface area (Å²) in [5.41, 5.74) is 0.954. The SMILES string of the molecule is COC(=O)C(NC(=O)C(Cc1cc(F)cc(F)c1)NC(=O)OCCc1ccccc1)[C@H](C)OC(=O)C1CCCN1C(C)=O. The van der Waals surface area contributed by atoms with Crippen LogP contribution in [0.5, 0.6) is 0 Å². The lowest BCUT2D eigenvalue weighted by atomic mass is 10.0. The molecule has 13 heteroatoms. The molecule has 3 unspecified atom stereocenters. The largest absolute Gasteiger partial charge is 0.467 e. The number of nitrogens with zero attached hydrogens (tertiary/aromatic N) is 1. The van der Waals surface area contributed by atoms with E-state index in [1.54, 1.807) is 0 Å². The summed E-state index contributed by atoms with van der Waals surface area (Å²) in [5, 5.41) is 4.78. The van der Waals surface area contributed by atoms with Crippen LogP contribution in [0.1, 0.15) is 37.8 Å². The maximum Gasteiger partial charge on any atom is 0.407 e. The number of rotatable bonds is 12. The molecule has 3 amide bonds. The average Bonchev–Trinajstić information content (AvgIpc) is 3.46. The minimum absolute atomic E-state index is 0.0189. The molecule has 1 saturated heterocycles. The number of esters is 2. The van der Waals surface area contributed by atoms with E-state index < -0.39 is 59.8 Å². The second-order valence-electron chi connectivity index (χ2n) is 10.1. The van der Waals surface area contributed by atoms with Gasteiger partial charge in [0.2, 0.25) is 11.8 Å². The van der Waals surface area contributed by atoms with Crippen LogP contribution in [0, 0.1) is 11.6 Å². The molecule has 1 fully saturated rings. The van der Waals surface area contributed by atoms with E-state index in [0.29, 0.717) is 31.9 Å². The molecule has 4 atom stereocenters. The average molecular weight is 604 g/mol. The zero-order chi connectivity index (χ0) is 31.5. The van der Waals surface area contributed by atoms with Gasteiger partial charge in [0, 0.05) is 32.4 Å². The van der Waals surface area contributed by atoms with Crippen molar-refractivity contribution >= 4 is 29.8 Å². The molecule has 0 saturated carbocycles. The fourth-order valence-corrected chi connectivity index (χ4v) is 4.73. The van der Waals surface area contributed by atoms with Crippen molar-refractivity contribution in [1.82, 2.24) is 15.5 Å². The minimum Gasteiger partial charge on any atom is -0.467 e. The van der Waals surface area contributed by atoms with Gasteiger partial charge in [-0.15, -0.1) is 0 Å². The van der Waals surface area contributed by atoms with Crippen molar-refractivity contribution in [3.8, 4) is 0 Å². The molecule has 11 nitrogen and oxygen atoms in total. The van der Waals surface area contributed by atoms with Crippen molar-refractivity contribution in [3.63, 3.8) is 0 Å². The van der Waals surface area contributed by atoms with E-state index in [4.69, 9.17) is 14.2 Å². The molecule has 2 N–H and O–H groups in total. The summed E-state index contributed by atoms with van der Waals surface area (Å²) in [6, 6.07) is 8.04. The van der Waals surface area contributed by atoms with E-state index in [1.165, 1.54) is 18.7 Å². The molecule has 2 aromatic carbocycles. The van der Waals surface area contributed by atoms with Gasteiger partial charge in [0.25, 0.3) is 0 Å². The highest BCUT2D eigenvalue weighted by Gasteiger charge is 2.38. The van der Waals surface area contributed by atoms with Gasteiger partial charge in [0.1, 0.15) is 29.8 Å². The highest BCUT2D eigenvalue weighted by molar-refractivity contribution is 5.90. The quantitative estimate of drug-likeness (QED) is 0.279. The van der Waals surface area contributed by atoms with Gasteiger partial charge in [0.15, 0.2) is 6.04 Å². The first kappa shape index (κ1) is 33.0. The molecule has 0 bridgehead atoms. The van der Waals surface area contributed by atoms with E-state index in [1.807, 2.05) is 30.3 Å². The molecular formula is C30H35F2N3O8. The molecular weight excluding hydrogens is 568 g/mol. The third kappa shape index (κ3) is 9.76. The van der Waals surface area contributed by atoms with Crippen LogP contribution in [0.2, 0.25) is 0 Å². The summed E-state index contributed by atoms with van der Waals surface area (Å²) >= 11 is 0. The number of carbonyl (C=O) groups is 5. The molecule has 43 heavy (non-hydrogen) atoms. The Balaban J connectivity index is 1.73. The van der Waals surface area contributed by atoms with Crippen molar-refractivity contribution in [2.75, 3.05) is 20.3 Å². The zero-order valence-corrected chi connectivity index (χ0v) is 24.1. The van der Waals surface area contributed by atoms with Crippen molar-refractivity contribution in [2.45, 2.75) is 63.8 Å². The Labute approximate surface area is 247 Å². The summed E-state index contributed by atoms with van der Waals surface area (Å²) in [7, 11) is 1.07. The Morgan fingerprint density at radius 3 is 2.30 bits per heavy atom. The maximum absolute atomic E-state index is 13.9. The second kappa shape index (κ2) is 15.6. The van der Waals surface area contributed by atoms with Gasteiger partial charge in [0.05, 0.1) is 13.7 Å². The van der Waals surface area contributed by atoms with Gasteiger partial charge >= 0.3 is 18.0 Å². The van der Waals surface area contributed by atoms with Crippen molar-refractivity contribution in [1.29, 1.82) is 0 Å². The number of amides is 3. The number of methoxy groups -OCH3 is 1. The fourth-order valence-electron chi connectivity index (χ4n) is 4.73. The first-order chi connectivity index (χ1) is 20.5. The standard InChI is InChI=1S/C30H35F2N3O8/c1-18(43-28(38)25-10-7-12-35(25)19(2)36)26(29(39)41-3)34-27(37)24(16-21-14-22(31)17-23(32)15-21)33-30(40)42-13-11-20-8-5-4-6-9-20/h4-6,8-9,14-15,17-18,24-26H,7,10-13,16H2,1-3H3,(H,33,40)(H,34,37)/t18-,24?,25?,26?/m0/s1. The normalized spacial score (nSPS) is 16.4. The number of nitrogens with one attached hydrogen (secondary N) is 2. The van der Waals surface area contributed by atoms with E-state index in [0.717, 1.165) is 24.8 Å². The van der Waals surface area contributed by atoms with E-state index in [-0.39, 0.29) is 24.5 Å². The van der Waals surface area contributed by atoms with Gasteiger partial charge in [-0.2, -0.15) is 0 Å². The van der Waals surface area contributed by atoms with Gasteiger partial charge in [-0.25, -0.2) is 23.2 Å². The zero-order valence-electron chi connectivity index (χ0n) is 24.1. The fraction of sp³-hybridized carbons (Fsp3) is 0.433. The van der Waals surface area contributed by atoms with E-state index >= 15 is 0 Å². The monoisotopic (exact) mass is 603 g/mol. The van der Waals surface area contributed by atoms with Gasteiger partial charge in [-0.05, 0) is 43.0 Å². The number of hydrogen-bond donors (Lipinski definition) is 2. The number of hydrogen-bond acceptors (Lipinski definition) is 8. The van der Waals surface area contributed by atoms with Crippen molar-refractivity contribution in [2.24, 2.45) is 0 Å². The number of ether oxygens (including phenoxy) is 3. The number of benzene rings is 2. The molecule has 1 aliphatic heterocycles. The van der Waals surface area contributed by atoms with E-state index in [9.17, 15) is 32.8 Å². The summed E-state index contributed by atoms with van der Waals surface area (Å²) in [6.07, 6.45) is -1.22. The molecule has 0 spiro atoms. The van der Waals surface area contributed by atoms with E-state index in [2.05, 4.69) is 10.6 Å². The second-order valence-corrected chi connectivity index (χ2v) is 10.1. The molecule has 232 valence electrons. The topological polar surface area (TPSA) is 140 Å². The lowest BCUT2D eigenvalue weighted by Crippen LogP contribution is -2.56. The van der Waals surface area contributed by atoms with Crippen LogP contribution in [0.25, 0.3) is 0 Å². The van der Waals surface area contributed by atoms with Crippen LogP contribution in [-0.2, 0) is 46.2 Å². The van der Waals surface area contributed by atoms with Gasteiger partial charge in [-0.3, -0.25) is 9.59 Å². The van der Waals surface area contributed by atoms with Gasteiger partial charge in [-0.1, -0.05) is 30.3 Å². The summed E-state index contributed by atoms with van der Waals surface area (Å²) in [5.74, 6) is -4.73. The molecule has 1 aliphatic rings. The van der Waals surface area contributed by atoms with Crippen LogP contribution in [0.3, 0.4) is 0 Å². The Kier molecular flexibility index (Phi) is 12.0. The molecule has 3 rings (SSSR count). The smallest absolute Gasteiger partial charge is 0.407 e. The highest BCUT2D eigenvalue weighted by Crippen LogP contribution is 2.20. The summed E-state index contributed by atoms with van der Waals surface area (Å²) in [6.45, 7) is 3.05. The Morgan fingerprint density at radius 2 is 1.67 bits per heavy atom. The molecule has 0 aromatic heterocycles. The number of likely N-dealkylation sites (tertiary alicyclic amines) is 1. The van der Waals surface area contributed by atoms with Crippen LogP contribution in [-0.4, -0.2) is 79.2 Å². The Bertz CT molecular complexity index is 1290. The maximum atomic E-state index is 13.9. The van der Waals surface area contributed by atoms with Crippen LogP contribution in [0.15, 0.2) is 48.5 Å². The summed E-state index contributed by atoms with van der Waals surface area (Å²) in [4.78, 5) is 64.7.